The fourth-order valence-electron chi connectivity index (χ4n) is 1.31. The van der Waals surface area contributed by atoms with Crippen LogP contribution in [0.3, 0.4) is 0 Å². The lowest BCUT2D eigenvalue weighted by atomic mass is 10.1. The van der Waals surface area contributed by atoms with Crippen LogP contribution in [0.15, 0.2) is 0 Å². The molecular formula is C11H24N2O3. The van der Waals surface area contributed by atoms with Crippen molar-refractivity contribution in [3.05, 3.63) is 0 Å². The van der Waals surface area contributed by atoms with E-state index in [0.717, 1.165) is 6.42 Å². The number of ether oxygens (including phenoxy) is 2. The minimum absolute atomic E-state index is 0.0317. The molecule has 1 amide bonds. The zero-order valence-electron chi connectivity index (χ0n) is 10.6. The molecule has 96 valence electrons. The molecule has 0 aliphatic carbocycles. The summed E-state index contributed by atoms with van der Waals surface area (Å²) in [5.74, 6) is -0.0317. The zero-order chi connectivity index (χ0) is 12.4. The molecule has 0 rings (SSSR count). The number of hydrogen-bond acceptors (Lipinski definition) is 4. The van der Waals surface area contributed by atoms with E-state index >= 15 is 0 Å². The Balaban J connectivity index is 3.73. The summed E-state index contributed by atoms with van der Waals surface area (Å²) in [6.07, 6.45) is 1.47. The third-order valence-electron chi connectivity index (χ3n) is 2.33. The normalized spacial score (nSPS) is 12.5. The van der Waals surface area contributed by atoms with Gasteiger partial charge >= 0.3 is 0 Å². The second-order valence-electron chi connectivity index (χ2n) is 3.70. The van der Waals surface area contributed by atoms with Crippen molar-refractivity contribution in [3.8, 4) is 0 Å². The molecule has 0 bridgehead atoms. The van der Waals surface area contributed by atoms with E-state index in [2.05, 4.69) is 0 Å². The Hall–Kier alpha value is -0.650. The molecule has 0 saturated heterocycles. The molecule has 0 aromatic heterocycles. The highest BCUT2D eigenvalue weighted by molar-refractivity contribution is 5.81. The van der Waals surface area contributed by atoms with E-state index in [4.69, 9.17) is 15.2 Å². The summed E-state index contributed by atoms with van der Waals surface area (Å²) < 4.78 is 10.1. The molecule has 0 aromatic carbocycles. The predicted octanol–water partition coefficient (Wildman–Crippen LogP) is 0.235. The summed E-state index contributed by atoms with van der Waals surface area (Å²) in [6.45, 7) is 4.39. The Bertz CT molecular complexity index is 170. The monoisotopic (exact) mass is 232 g/mol. The number of carbonyl (C=O) groups is 1. The van der Waals surface area contributed by atoms with Crippen molar-refractivity contribution in [3.63, 3.8) is 0 Å². The van der Waals surface area contributed by atoms with Crippen LogP contribution in [0.5, 0.6) is 0 Å². The van der Waals surface area contributed by atoms with Gasteiger partial charge in [0.15, 0.2) is 0 Å². The van der Waals surface area contributed by atoms with Crippen molar-refractivity contribution < 1.29 is 14.3 Å². The first-order valence-electron chi connectivity index (χ1n) is 5.70. The number of nitrogens with zero attached hydrogens (tertiary/aromatic N) is 1. The van der Waals surface area contributed by atoms with Gasteiger partial charge in [-0.05, 0) is 19.8 Å². The summed E-state index contributed by atoms with van der Waals surface area (Å²) in [4.78, 5) is 13.4. The minimum atomic E-state index is -0.429. The van der Waals surface area contributed by atoms with Gasteiger partial charge in [0.05, 0.1) is 12.6 Å². The van der Waals surface area contributed by atoms with Gasteiger partial charge in [0.1, 0.15) is 0 Å². The molecule has 0 saturated carbocycles. The lowest BCUT2D eigenvalue weighted by molar-refractivity contribution is -0.132. The van der Waals surface area contributed by atoms with Crippen LogP contribution in [-0.4, -0.2) is 57.4 Å². The van der Waals surface area contributed by atoms with Gasteiger partial charge in [-0.2, -0.15) is 0 Å². The molecule has 0 radical (unpaired) electrons. The average molecular weight is 232 g/mol. The van der Waals surface area contributed by atoms with Gasteiger partial charge in [-0.15, -0.1) is 0 Å². The van der Waals surface area contributed by atoms with Crippen molar-refractivity contribution in [1.82, 2.24) is 4.90 Å². The first-order valence-corrected chi connectivity index (χ1v) is 5.70. The molecule has 5 heteroatoms. The number of methoxy groups -OCH3 is 1. The molecule has 0 aliphatic heterocycles. The van der Waals surface area contributed by atoms with Crippen molar-refractivity contribution >= 4 is 5.91 Å². The van der Waals surface area contributed by atoms with Crippen molar-refractivity contribution in [2.75, 3.05) is 40.5 Å². The third kappa shape index (κ3) is 6.76. The van der Waals surface area contributed by atoms with Gasteiger partial charge in [-0.25, -0.2) is 0 Å². The molecule has 0 aromatic rings. The third-order valence-corrected chi connectivity index (χ3v) is 2.33. The van der Waals surface area contributed by atoms with Crippen molar-refractivity contribution in [2.45, 2.75) is 25.8 Å². The van der Waals surface area contributed by atoms with Gasteiger partial charge in [0.25, 0.3) is 0 Å². The second kappa shape index (κ2) is 9.57. The lowest BCUT2D eigenvalue weighted by Crippen LogP contribution is -2.43. The number of likely N-dealkylation sites (N-methyl/N-ethyl adjacent to an activating group) is 1. The maximum Gasteiger partial charge on any atom is 0.239 e. The standard InChI is InChI=1S/C11H24N2O3/c1-4-16-9-7-13(2)11(14)10(12)6-5-8-15-3/h10H,4-9,12H2,1-3H3. The molecule has 0 heterocycles. The molecule has 1 atom stereocenters. The summed E-state index contributed by atoms with van der Waals surface area (Å²) in [5.41, 5.74) is 5.78. The summed E-state index contributed by atoms with van der Waals surface area (Å²) in [5, 5.41) is 0. The highest BCUT2D eigenvalue weighted by atomic mass is 16.5. The maximum absolute atomic E-state index is 11.7. The number of hydrogen-bond donors (Lipinski definition) is 1. The Labute approximate surface area is 97.9 Å². The van der Waals surface area contributed by atoms with Gasteiger partial charge < -0.3 is 20.1 Å². The highest BCUT2D eigenvalue weighted by Gasteiger charge is 2.16. The molecule has 0 fully saturated rings. The van der Waals surface area contributed by atoms with E-state index in [0.29, 0.717) is 32.8 Å². The van der Waals surface area contributed by atoms with Gasteiger partial charge in [-0.3, -0.25) is 4.79 Å². The quantitative estimate of drug-likeness (QED) is 0.578. The summed E-state index contributed by atoms with van der Waals surface area (Å²) in [7, 11) is 3.39. The summed E-state index contributed by atoms with van der Waals surface area (Å²) in [6, 6.07) is -0.429. The molecule has 0 aliphatic rings. The fraction of sp³-hybridized carbons (Fsp3) is 0.909. The predicted molar refractivity (Wildman–Crippen MR) is 63.2 cm³/mol. The molecule has 16 heavy (non-hydrogen) atoms. The minimum Gasteiger partial charge on any atom is -0.385 e. The van der Waals surface area contributed by atoms with Crippen LogP contribution in [0.1, 0.15) is 19.8 Å². The molecule has 5 nitrogen and oxygen atoms in total. The van der Waals surface area contributed by atoms with Gasteiger partial charge in [0, 0.05) is 33.9 Å². The highest BCUT2D eigenvalue weighted by Crippen LogP contribution is 1.99. The number of nitrogens with two attached hydrogens (primary N) is 1. The van der Waals surface area contributed by atoms with E-state index in [1.807, 2.05) is 6.92 Å². The average Bonchev–Trinajstić information content (AvgIpc) is 2.28. The van der Waals surface area contributed by atoms with E-state index in [-0.39, 0.29) is 5.91 Å². The van der Waals surface area contributed by atoms with Gasteiger partial charge in [0.2, 0.25) is 5.91 Å². The van der Waals surface area contributed by atoms with E-state index in [9.17, 15) is 4.79 Å². The Morgan fingerprint density at radius 2 is 2.12 bits per heavy atom. The first kappa shape index (κ1) is 15.3. The number of rotatable bonds is 9. The topological polar surface area (TPSA) is 64.8 Å². The lowest BCUT2D eigenvalue weighted by Gasteiger charge is -2.21. The SMILES string of the molecule is CCOCCN(C)C(=O)C(N)CCCOC. The van der Waals surface area contributed by atoms with Crippen LogP contribution < -0.4 is 5.73 Å². The Morgan fingerprint density at radius 1 is 1.44 bits per heavy atom. The van der Waals surface area contributed by atoms with E-state index < -0.39 is 6.04 Å². The molecule has 1 unspecified atom stereocenters. The van der Waals surface area contributed by atoms with Crippen LogP contribution in [0.4, 0.5) is 0 Å². The molecular weight excluding hydrogens is 208 g/mol. The Morgan fingerprint density at radius 3 is 2.69 bits per heavy atom. The van der Waals surface area contributed by atoms with Crippen molar-refractivity contribution in [2.24, 2.45) is 5.73 Å². The zero-order valence-corrected chi connectivity index (χ0v) is 10.6. The first-order chi connectivity index (χ1) is 7.63. The van der Waals surface area contributed by atoms with Crippen molar-refractivity contribution in [1.29, 1.82) is 0 Å². The molecule has 0 spiro atoms. The molecule has 2 N–H and O–H groups in total. The Kier molecular flexibility index (Phi) is 9.18. The van der Waals surface area contributed by atoms with Gasteiger partial charge in [-0.1, -0.05) is 0 Å². The van der Waals surface area contributed by atoms with E-state index in [1.165, 1.54) is 0 Å². The smallest absolute Gasteiger partial charge is 0.239 e. The summed E-state index contributed by atoms with van der Waals surface area (Å²) >= 11 is 0. The van der Waals surface area contributed by atoms with Crippen LogP contribution in [0.2, 0.25) is 0 Å². The second-order valence-corrected chi connectivity index (χ2v) is 3.70. The largest absolute Gasteiger partial charge is 0.385 e. The van der Waals surface area contributed by atoms with E-state index in [1.54, 1.807) is 19.1 Å². The number of amides is 1. The maximum atomic E-state index is 11.7. The van der Waals surface area contributed by atoms with Crippen LogP contribution in [0, 0.1) is 0 Å². The van der Waals surface area contributed by atoms with Crippen LogP contribution >= 0.6 is 0 Å². The van der Waals surface area contributed by atoms with Crippen LogP contribution in [-0.2, 0) is 14.3 Å². The fourth-order valence-corrected chi connectivity index (χ4v) is 1.31. The number of carbonyl (C=O) groups excluding carboxylic acids is 1. The van der Waals surface area contributed by atoms with Crippen LogP contribution in [0.25, 0.3) is 0 Å².